The highest BCUT2D eigenvalue weighted by atomic mass is 32.2. The van der Waals surface area contributed by atoms with Crippen LogP contribution in [-0.2, 0) is 9.84 Å². The monoisotopic (exact) mass is 379 g/mol. The normalized spacial score (nSPS) is 18.5. The lowest BCUT2D eigenvalue weighted by Crippen LogP contribution is -2.19. The average Bonchev–Trinajstić information content (AvgIpc) is 3.15. The van der Waals surface area contributed by atoms with E-state index in [-0.39, 0.29) is 23.5 Å². The highest BCUT2D eigenvalue weighted by molar-refractivity contribution is 7.91. The molecular weight excluding hydrogens is 358 g/mol. The number of sulfone groups is 1. The quantitative estimate of drug-likeness (QED) is 0.851. The molecule has 1 aliphatic heterocycles. The van der Waals surface area contributed by atoms with E-state index >= 15 is 0 Å². The second kappa shape index (κ2) is 6.99. The Labute approximate surface area is 152 Å². The van der Waals surface area contributed by atoms with E-state index in [1.54, 1.807) is 35.9 Å². The van der Waals surface area contributed by atoms with Crippen molar-refractivity contribution in [2.75, 3.05) is 31.0 Å². The number of rotatable bonds is 5. The van der Waals surface area contributed by atoms with E-state index in [2.05, 4.69) is 10.4 Å². The average molecular weight is 379 g/mol. The molecule has 2 heterocycles. The van der Waals surface area contributed by atoms with Crippen molar-refractivity contribution in [3.63, 3.8) is 0 Å². The number of amides is 1. The van der Waals surface area contributed by atoms with E-state index in [1.807, 2.05) is 0 Å². The highest BCUT2D eigenvalue weighted by Crippen LogP contribution is 2.28. The number of ether oxygens (including phenoxy) is 2. The van der Waals surface area contributed by atoms with Crippen molar-refractivity contribution in [2.45, 2.75) is 19.4 Å². The van der Waals surface area contributed by atoms with Gasteiger partial charge in [-0.3, -0.25) is 4.79 Å². The van der Waals surface area contributed by atoms with Gasteiger partial charge in [0.2, 0.25) is 0 Å². The van der Waals surface area contributed by atoms with Gasteiger partial charge in [-0.2, -0.15) is 5.10 Å². The van der Waals surface area contributed by atoms with Gasteiger partial charge in [0, 0.05) is 17.7 Å². The zero-order valence-corrected chi connectivity index (χ0v) is 15.7. The largest absolute Gasteiger partial charge is 0.497 e. The third-order valence-electron chi connectivity index (χ3n) is 4.27. The van der Waals surface area contributed by atoms with E-state index in [1.165, 1.54) is 14.2 Å². The van der Waals surface area contributed by atoms with E-state index in [9.17, 15) is 13.2 Å². The first-order valence-electron chi connectivity index (χ1n) is 8.12. The van der Waals surface area contributed by atoms with Gasteiger partial charge in [-0.15, -0.1) is 0 Å². The molecule has 8 nitrogen and oxygen atoms in total. The Hall–Kier alpha value is -2.55. The zero-order chi connectivity index (χ0) is 18.9. The van der Waals surface area contributed by atoms with Gasteiger partial charge < -0.3 is 14.8 Å². The van der Waals surface area contributed by atoms with Crippen molar-refractivity contribution in [1.82, 2.24) is 9.78 Å². The Kier molecular flexibility index (Phi) is 4.90. The van der Waals surface area contributed by atoms with Gasteiger partial charge in [-0.25, -0.2) is 13.1 Å². The van der Waals surface area contributed by atoms with Crippen molar-refractivity contribution in [2.24, 2.45) is 0 Å². The second-order valence-corrected chi connectivity index (χ2v) is 8.46. The molecule has 1 fully saturated rings. The Morgan fingerprint density at radius 2 is 1.85 bits per heavy atom. The van der Waals surface area contributed by atoms with Gasteiger partial charge >= 0.3 is 0 Å². The van der Waals surface area contributed by atoms with Crippen LogP contribution in [0, 0.1) is 6.92 Å². The molecule has 0 unspecified atom stereocenters. The van der Waals surface area contributed by atoms with Crippen molar-refractivity contribution < 1.29 is 22.7 Å². The lowest BCUT2D eigenvalue weighted by molar-refractivity contribution is 0.102. The number of anilines is 1. The molecule has 1 saturated heterocycles. The fraction of sp³-hybridized carbons (Fsp3) is 0.412. The molecule has 1 amide bonds. The van der Waals surface area contributed by atoms with Crippen molar-refractivity contribution in [1.29, 1.82) is 0 Å². The van der Waals surface area contributed by atoms with Gasteiger partial charge in [-0.05, 0) is 25.5 Å². The van der Waals surface area contributed by atoms with Crippen molar-refractivity contribution in [3.05, 3.63) is 35.5 Å². The van der Waals surface area contributed by atoms with Gasteiger partial charge in [0.05, 0.1) is 37.5 Å². The molecule has 3 rings (SSSR count). The fourth-order valence-corrected chi connectivity index (χ4v) is 4.68. The van der Waals surface area contributed by atoms with Crippen LogP contribution in [0.1, 0.15) is 28.5 Å². The molecule has 0 spiro atoms. The van der Waals surface area contributed by atoms with Crippen LogP contribution in [0.25, 0.3) is 0 Å². The minimum atomic E-state index is -3.06. The van der Waals surface area contributed by atoms with Crippen LogP contribution in [0.3, 0.4) is 0 Å². The summed E-state index contributed by atoms with van der Waals surface area (Å²) in [4.78, 5) is 12.7. The van der Waals surface area contributed by atoms with Crippen LogP contribution in [0.5, 0.6) is 11.5 Å². The number of aromatic nitrogens is 2. The Morgan fingerprint density at radius 1 is 1.19 bits per heavy atom. The summed E-state index contributed by atoms with van der Waals surface area (Å²) in [5.74, 6) is 1.28. The minimum absolute atomic E-state index is 0.0317. The predicted molar refractivity (Wildman–Crippen MR) is 96.8 cm³/mol. The number of benzene rings is 1. The first-order valence-corrected chi connectivity index (χ1v) is 9.94. The molecule has 1 aromatic heterocycles. The first-order chi connectivity index (χ1) is 12.3. The van der Waals surface area contributed by atoms with Gasteiger partial charge in [-0.1, -0.05) is 0 Å². The third-order valence-corrected chi connectivity index (χ3v) is 6.02. The summed E-state index contributed by atoms with van der Waals surface area (Å²) in [5, 5.41) is 7.17. The van der Waals surface area contributed by atoms with Crippen LogP contribution < -0.4 is 14.8 Å². The van der Waals surface area contributed by atoms with E-state index < -0.39 is 9.84 Å². The summed E-state index contributed by atoms with van der Waals surface area (Å²) in [6.45, 7) is 1.80. The van der Waals surface area contributed by atoms with E-state index in [0.29, 0.717) is 35.0 Å². The molecule has 26 heavy (non-hydrogen) atoms. The summed E-state index contributed by atoms with van der Waals surface area (Å²) in [5.41, 5.74) is 1.07. The number of carbonyl (C=O) groups is 1. The molecule has 1 atom stereocenters. The van der Waals surface area contributed by atoms with Gasteiger partial charge in [0.25, 0.3) is 5.91 Å². The maximum absolute atomic E-state index is 12.7. The highest BCUT2D eigenvalue weighted by Gasteiger charge is 2.31. The molecule has 0 aliphatic carbocycles. The Morgan fingerprint density at radius 3 is 2.38 bits per heavy atom. The lowest BCUT2D eigenvalue weighted by atomic mass is 10.2. The van der Waals surface area contributed by atoms with Crippen LogP contribution in [0.4, 0.5) is 5.82 Å². The maximum Gasteiger partial charge on any atom is 0.257 e. The summed E-state index contributed by atoms with van der Waals surface area (Å²) in [6.07, 6.45) is 0.485. The number of aryl methyl sites for hydroxylation is 1. The Balaban J connectivity index is 1.87. The molecule has 140 valence electrons. The number of hydrogen-bond donors (Lipinski definition) is 1. The SMILES string of the molecule is COc1cc(OC)cc(C(=O)Nc2cc(C)nn2[C@H]2CCS(=O)(=O)C2)c1. The number of methoxy groups -OCH3 is 2. The molecule has 1 aliphatic rings. The van der Waals surface area contributed by atoms with Crippen LogP contribution in [0.2, 0.25) is 0 Å². The Bertz CT molecular complexity index is 914. The standard InChI is InChI=1S/C17H21N3O5S/c1-11-6-16(20(19-11)13-4-5-26(22,23)10-13)18-17(21)12-7-14(24-2)9-15(8-12)25-3/h6-9,13H,4-5,10H2,1-3H3,(H,18,21)/t13-/m0/s1. The molecule has 1 aromatic carbocycles. The predicted octanol–water partition coefficient (Wildman–Crippen LogP) is 1.82. The topological polar surface area (TPSA) is 99.5 Å². The summed E-state index contributed by atoms with van der Waals surface area (Å²) in [7, 11) is -0.0377. The summed E-state index contributed by atoms with van der Waals surface area (Å²) < 4.78 is 35.5. The summed E-state index contributed by atoms with van der Waals surface area (Å²) in [6, 6.07) is 6.33. The van der Waals surface area contributed by atoms with E-state index in [0.717, 1.165) is 0 Å². The number of carbonyl (C=O) groups excluding carboxylic acids is 1. The zero-order valence-electron chi connectivity index (χ0n) is 14.9. The van der Waals surface area contributed by atoms with Gasteiger partial charge in [0.15, 0.2) is 9.84 Å². The minimum Gasteiger partial charge on any atom is -0.497 e. The fourth-order valence-electron chi connectivity index (χ4n) is 2.98. The van der Waals surface area contributed by atoms with E-state index in [4.69, 9.17) is 9.47 Å². The van der Waals surface area contributed by atoms with Crippen LogP contribution in [0.15, 0.2) is 24.3 Å². The third kappa shape index (κ3) is 3.82. The van der Waals surface area contributed by atoms with Crippen LogP contribution >= 0.6 is 0 Å². The summed E-state index contributed by atoms with van der Waals surface area (Å²) >= 11 is 0. The molecule has 0 radical (unpaired) electrons. The molecule has 1 N–H and O–H groups in total. The molecule has 0 bridgehead atoms. The first kappa shape index (κ1) is 18.2. The van der Waals surface area contributed by atoms with Gasteiger partial charge in [0.1, 0.15) is 17.3 Å². The van der Waals surface area contributed by atoms with Crippen molar-refractivity contribution >= 4 is 21.6 Å². The second-order valence-electron chi connectivity index (χ2n) is 6.23. The van der Waals surface area contributed by atoms with Crippen molar-refractivity contribution in [3.8, 4) is 11.5 Å². The number of hydrogen-bond acceptors (Lipinski definition) is 6. The lowest BCUT2D eigenvalue weighted by Gasteiger charge is -2.14. The number of nitrogens with zero attached hydrogens (tertiary/aromatic N) is 2. The number of nitrogens with one attached hydrogen (secondary N) is 1. The van der Waals surface area contributed by atoms with Crippen LogP contribution in [-0.4, -0.2) is 49.8 Å². The maximum atomic E-state index is 12.7. The smallest absolute Gasteiger partial charge is 0.257 e. The molecule has 9 heteroatoms. The molecule has 2 aromatic rings. The molecular formula is C17H21N3O5S. The molecule has 0 saturated carbocycles.